The second kappa shape index (κ2) is 9.86. The van der Waals surface area contributed by atoms with E-state index in [1.807, 2.05) is 6.92 Å². The molecule has 1 heterocycles. The van der Waals surface area contributed by atoms with Crippen LogP contribution in [0.1, 0.15) is 36.7 Å². The molecule has 0 atom stereocenters. The van der Waals surface area contributed by atoms with Gasteiger partial charge in [0.15, 0.2) is 0 Å². The minimum absolute atomic E-state index is 0.0759. The Kier molecular flexibility index (Phi) is 7.79. The van der Waals surface area contributed by atoms with E-state index >= 15 is 0 Å². The number of sulfonamides is 1. The van der Waals surface area contributed by atoms with Crippen molar-refractivity contribution >= 4 is 27.5 Å². The third-order valence-electron chi connectivity index (χ3n) is 4.06. The fourth-order valence-electron chi connectivity index (χ4n) is 2.62. The lowest BCUT2D eigenvalue weighted by Gasteiger charge is -2.19. The molecule has 0 aliphatic carbocycles. The van der Waals surface area contributed by atoms with E-state index in [0.29, 0.717) is 25.6 Å². The number of benzene rings is 1. The van der Waals surface area contributed by atoms with Crippen molar-refractivity contribution in [3.63, 3.8) is 0 Å². The van der Waals surface area contributed by atoms with Crippen molar-refractivity contribution < 1.29 is 17.9 Å². The van der Waals surface area contributed by atoms with Crippen LogP contribution in [0.5, 0.6) is 5.88 Å². The van der Waals surface area contributed by atoms with Gasteiger partial charge in [0.25, 0.3) is 5.91 Å². The first kappa shape index (κ1) is 22.1. The van der Waals surface area contributed by atoms with Gasteiger partial charge in [0.1, 0.15) is 4.90 Å². The number of amides is 1. The molecular weight excluding hydrogens is 402 g/mol. The summed E-state index contributed by atoms with van der Waals surface area (Å²) in [5.74, 6) is 0.0794. The number of halogens is 1. The van der Waals surface area contributed by atoms with Crippen molar-refractivity contribution in [3.05, 3.63) is 52.7 Å². The van der Waals surface area contributed by atoms with Gasteiger partial charge in [-0.25, -0.2) is 13.4 Å². The highest BCUT2D eigenvalue weighted by Crippen LogP contribution is 2.26. The molecule has 1 N–H and O–H groups in total. The van der Waals surface area contributed by atoms with Gasteiger partial charge in [-0.1, -0.05) is 25.4 Å². The normalized spacial score (nSPS) is 11.5. The van der Waals surface area contributed by atoms with Crippen LogP contribution >= 0.6 is 11.6 Å². The highest BCUT2D eigenvalue weighted by molar-refractivity contribution is 7.89. The lowest BCUT2D eigenvalue weighted by molar-refractivity contribution is 0.0950. The summed E-state index contributed by atoms with van der Waals surface area (Å²) < 4.78 is 32.1. The highest BCUT2D eigenvalue weighted by atomic mass is 35.5. The minimum Gasteiger partial charge on any atom is -0.478 e. The maximum Gasteiger partial charge on any atom is 0.251 e. The Bertz CT molecular complexity index is 931. The Hall–Kier alpha value is -2.16. The summed E-state index contributed by atoms with van der Waals surface area (Å²) in [7, 11) is -3.77. The molecule has 1 amide bonds. The van der Waals surface area contributed by atoms with Crippen LogP contribution in [0.2, 0.25) is 5.02 Å². The topological polar surface area (TPSA) is 88.6 Å². The van der Waals surface area contributed by atoms with E-state index in [2.05, 4.69) is 10.3 Å². The third kappa shape index (κ3) is 5.21. The zero-order valence-corrected chi connectivity index (χ0v) is 17.7. The van der Waals surface area contributed by atoms with Crippen LogP contribution in [0.4, 0.5) is 0 Å². The predicted molar refractivity (Wildman–Crippen MR) is 108 cm³/mol. The number of carbonyl (C=O) groups is 1. The number of ether oxygens (including phenoxy) is 1. The number of pyridine rings is 1. The highest BCUT2D eigenvalue weighted by Gasteiger charge is 2.25. The molecule has 1 aromatic heterocycles. The summed E-state index contributed by atoms with van der Waals surface area (Å²) >= 11 is 6.11. The van der Waals surface area contributed by atoms with Crippen molar-refractivity contribution in [2.75, 3.05) is 19.7 Å². The van der Waals surface area contributed by atoms with Gasteiger partial charge in [0.2, 0.25) is 15.9 Å². The van der Waals surface area contributed by atoms with Crippen LogP contribution in [0, 0.1) is 0 Å². The molecule has 7 nitrogen and oxygen atoms in total. The van der Waals surface area contributed by atoms with Crippen LogP contribution in [-0.4, -0.2) is 43.3 Å². The van der Waals surface area contributed by atoms with Crippen molar-refractivity contribution in [1.29, 1.82) is 0 Å². The zero-order chi connectivity index (χ0) is 20.7. The molecule has 2 rings (SSSR count). The molecule has 0 unspecified atom stereocenters. The Morgan fingerprint density at radius 1 is 1.18 bits per heavy atom. The van der Waals surface area contributed by atoms with Gasteiger partial charge in [-0.3, -0.25) is 4.79 Å². The number of aromatic nitrogens is 1. The van der Waals surface area contributed by atoms with E-state index in [1.165, 1.54) is 22.5 Å². The van der Waals surface area contributed by atoms with Crippen LogP contribution in [0.3, 0.4) is 0 Å². The van der Waals surface area contributed by atoms with Crippen LogP contribution in [0.25, 0.3) is 0 Å². The van der Waals surface area contributed by atoms with Crippen molar-refractivity contribution in [1.82, 2.24) is 14.6 Å². The van der Waals surface area contributed by atoms with E-state index in [-0.39, 0.29) is 22.0 Å². The Balaban J connectivity index is 2.19. The smallest absolute Gasteiger partial charge is 0.251 e. The minimum atomic E-state index is -3.77. The molecule has 0 bridgehead atoms. The van der Waals surface area contributed by atoms with Gasteiger partial charge < -0.3 is 10.1 Å². The number of carbonyl (C=O) groups excluding carboxylic acids is 1. The molecule has 0 saturated carbocycles. The first-order valence-corrected chi connectivity index (χ1v) is 10.8. The molecule has 0 saturated heterocycles. The van der Waals surface area contributed by atoms with Crippen molar-refractivity contribution in [3.8, 4) is 5.88 Å². The van der Waals surface area contributed by atoms with Gasteiger partial charge in [-0.2, -0.15) is 4.31 Å². The third-order valence-corrected chi connectivity index (χ3v) is 6.59. The average molecular weight is 426 g/mol. The maximum absolute atomic E-state index is 12.8. The molecule has 0 aliphatic rings. The predicted octanol–water partition coefficient (Wildman–Crippen LogP) is 3.09. The number of nitrogens with zero attached hydrogens (tertiary/aromatic N) is 2. The standard InChI is InChI=1S/C19H24ClN3O4S/c1-4-23(5-2)28(25,26)17-12-15(7-8-16(17)20)19(24)22-13-14-9-10-21-18(11-14)27-6-3/h7-12H,4-6,13H2,1-3H3,(H,22,24). The summed E-state index contributed by atoms with van der Waals surface area (Å²) in [6, 6.07) is 7.73. The fraction of sp³-hybridized carbons (Fsp3) is 0.368. The van der Waals surface area contributed by atoms with Gasteiger partial charge in [-0.05, 0) is 36.8 Å². The first-order chi connectivity index (χ1) is 13.3. The van der Waals surface area contributed by atoms with Gasteiger partial charge in [0.05, 0.1) is 11.6 Å². The molecule has 1 aromatic carbocycles. The molecule has 9 heteroatoms. The fourth-order valence-corrected chi connectivity index (χ4v) is 4.57. The Labute approximate surface area is 170 Å². The van der Waals surface area contributed by atoms with E-state index in [0.717, 1.165) is 5.56 Å². The summed E-state index contributed by atoms with van der Waals surface area (Å²) in [5.41, 5.74) is 1.03. The summed E-state index contributed by atoms with van der Waals surface area (Å²) in [5, 5.41) is 2.85. The summed E-state index contributed by atoms with van der Waals surface area (Å²) in [4.78, 5) is 16.5. The lowest BCUT2D eigenvalue weighted by atomic mass is 10.2. The van der Waals surface area contributed by atoms with E-state index < -0.39 is 15.9 Å². The van der Waals surface area contributed by atoms with Gasteiger partial charge in [0, 0.05) is 37.5 Å². The average Bonchev–Trinajstić information content (AvgIpc) is 2.67. The number of hydrogen-bond acceptors (Lipinski definition) is 5. The van der Waals surface area contributed by atoms with E-state index in [1.54, 1.807) is 32.2 Å². The maximum atomic E-state index is 12.8. The quantitative estimate of drug-likeness (QED) is 0.666. The summed E-state index contributed by atoms with van der Waals surface area (Å²) in [6.07, 6.45) is 1.60. The molecular formula is C19H24ClN3O4S. The molecule has 0 radical (unpaired) electrons. The van der Waals surface area contributed by atoms with Crippen molar-refractivity contribution in [2.45, 2.75) is 32.2 Å². The Morgan fingerprint density at radius 2 is 1.89 bits per heavy atom. The second-order valence-corrected chi connectivity index (χ2v) is 8.17. The first-order valence-electron chi connectivity index (χ1n) is 8.99. The summed E-state index contributed by atoms with van der Waals surface area (Å²) in [6.45, 7) is 6.74. The van der Waals surface area contributed by atoms with Crippen LogP contribution in [-0.2, 0) is 16.6 Å². The van der Waals surface area contributed by atoms with E-state index in [4.69, 9.17) is 16.3 Å². The molecule has 2 aromatic rings. The zero-order valence-electron chi connectivity index (χ0n) is 16.1. The van der Waals surface area contributed by atoms with Crippen LogP contribution < -0.4 is 10.1 Å². The lowest BCUT2D eigenvalue weighted by Crippen LogP contribution is -2.31. The molecule has 0 aliphatic heterocycles. The van der Waals surface area contributed by atoms with Gasteiger partial charge >= 0.3 is 0 Å². The molecule has 28 heavy (non-hydrogen) atoms. The Morgan fingerprint density at radius 3 is 2.54 bits per heavy atom. The number of rotatable bonds is 9. The number of nitrogens with one attached hydrogen (secondary N) is 1. The van der Waals surface area contributed by atoms with Gasteiger partial charge in [-0.15, -0.1) is 0 Å². The molecule has 0 fully saturated rings. The second-order valence-electron chi connectivity index (χ2n) is 5.85. The number of hydrogen-bond donors (Lipinski definition) is 1. The monoisotopic (exact) mass is 425 g/mol. The SMILES string of the molecule is CCOc1cc(CNC(=O)c2ccc(Cl)c(S(=O)(=O)N(CC)CC)c2)ccn1. The molecule has 0 spiro atoms. The van der Waals surface area contributed by atoms with Crippen molar-refractivity contribution in [2.24, 2.45) is 0 Å². The van der Waals surface area contributed by atoms with E-state index in [9.17, 15) is 13.2 Å². The van der Waals surface area contributed by atoms with Crippen LogP contribution in [0.15, 0.2) is 41.4 Å². The largest absolute Gasteiger partial charge is 0.478 e. The molecule has 152 valence electrons.